The van der Waals surface area contributed by atoms with Crippen LogP contribution < -0.4 is 37.9 Å². The van der Waals surface area contributed by atoms with Crippen LogP contribution in [-0.4, -0.2) is 66.8 Å². The van der Waals surface area contributed by atoms with Crippen LogP contribution in [0, 0.1) is 5.41 Å². The lowest BCUT2D eigenvalue weighted by Crippen LogP contribution is -2.50. The molecule has 2 aromatic rings. The van der Waals surface area contributed by atoms with E-state index in [4.69, 9.17) is 52.1 Å². The number of hydrogen-bond donors (Lipinski definition) is 0. The second-order valence-corrected chi connectivity index (χ2v) is 9.80. The lowest BCUT2D eigenvalue weighted by Gasteiger charge is -2.39. The van der Waals surface area contributed by atoms with Crippen molar-refractivity contribution >= 4 is 5.97 Å². The molecule has 210 valence electrons. The Labute approximate surface area is 224 Å². The minimum Gasteiger partial charge on any atom is -0.496 e. The first kappa shape index (κ1) is 25.5. The van der Waals surface area contributed by atoms with Crippen molar-refractivity contribution in [2.45, 2.75) is 31.7 Å². The molecule has 12 nitrogen and oxygen atoms in total. The van der Waals surface area contributed by atoms with Crippen molar-refractivity contribution in [1.29, 1.82) is 0 Å². The summed E-state index contributed by atoms with van der Waals surface area (Å²) in [5.74, 6) is 3.02. The van der Waals surface area contributed by atoms with E-state index in [9.17, 15) is 4.79 Å². The highest BCUT2D eigenvalue weighted by Gasteiger charge is 2.72. The SMILES string of the molecule is COc1cc2c(c(OC)c1C1OCC3(OC(C)=O)C(c4c(OC)cc5c(c4OC)OCO5)OCC13C)OCO2. The van der Waals surface area contributed by atoms with Crippen LogP contribution in [0.3, 0.4) is 0 Å². The molecule has 0 saturated carbocycles. The van der Waals surface area contributed by atoms with Crippen LogP contribution in [0.15, 0.2) is 12.1 Å². The van der Waals surface area contributed by atoms with Crippen molar-refractivity contribution in [3.8, 4) is 46.0 Å². The number of benzene rings is 2. The van der Waals surface area contributed by atoms with Gasteiger partial charge in [-0.15, -0.1) is 0 Å². The van der Waals surface area contributed by atoms with E-state index in [1.807, 2.05) is 6.92 Å². The average Bonchev–Trinajstić information content (AvgIpc) is 3.69. The summed E-state index contributed by atoms with van der Waals surface area (Å²) < 4.78 is 64.9. The lowest BCUT2D eigenvalue weighted by atomic mass is 9.68. The summed E-state index contributed by atoms with van der Waals surface area (Å²) in [6.45, 7) is 3.53. The number of fused-ring (bicyclic) bond motifs is 3. The van der Waals surface area contributed by atoms with Crippen LogP contribution in [0.5, 0.6) is 46.0 Å². The van der Waals surface area contributed by atoms with Crippen LogP contribution in [0.2, 0.25) is 0 Å². The van der Waals surface area contributed by atoms with E-state index in [1.54, 1.807) is 19.2 Å². The molecule has 0 aromatic heterocycles. The van der Waals surface area contributed by atoms with Gasteiger partial charge in [-0.05, 0) is 0 Å². The normalized spacial score (nSPS) is 27.7. The van der Waals surface area contributed by atoms with E-state index in [-0.39, 0.29) is 26.8 Å². The van der Waals surface area contributed by atoms with E-state index < -0.39 is 29.2 Å². The van der Waals surface area contributed by atoms with Crippen molar-refractivity contribution in [3.63, 3.8) is 0 Å². The standard InChI is InChI=1S/C27H30O12/c1-13(28)39-27-10-34-24(18-14(29-3)7-16-20(22(18)31-5)37-11-35-16)26(27,2)9-33-25(27)19-15(30-4)8-17-21(23(19)32-6)38-12-36-17/h7-8,24-25H,9-12H2,1-6H3. The van der Waals surface area contributed by atoms with Gasteiger partial charge in [0.15, 0.2) is 28.6 Å². The summed E-state index contributed by atoms with van der Waals surface area (Å²) in [7, 11) is 6.13. The van der Waals surface area contributed by atoms with Gasteiger partial charge in [0, 0.05) is 19.1 Å². The van der Waals surface area contributed by atoms with Gasteiger partial charge in [-0.3, -0.25) is 4.79 Å². The van der Waals surface area contributed by atoms with Gasteiger partial charge in [0.2, 0.25) is 25.1 Å². The number of rotatable bonds is 7. The summed E-state index contributed by atoms with van der Waals surface area (Å²) in [6.07, 6.45) is -1.53. The minimum atomic E-state index is -1.30. The Hall–Kier alpha value is -3.77. The number of methoxy groups -OCH3 is 4. The fraction of sp³-hybridized carbons (Fsp3) is 0.519. The van der Waals surface area contributed by atoms with Crippen molar-refractivity contribution in [3.05, 3.63) is 23.3 Å². The summed E-state index contributed by atoms with van der Waals surface area (Å²) >= 11 is 0. The maximum absolute atomic E-state index is 12.7. The summed E-state index contributed by atoms with van der Waals surface area (Å²) in [5, 5.41) is 0. The van der Waals surface area contributed by atoms with Gasteiger partial charge in [0.25, 0.3) is 0 Å². The van der Waals surface area contributed by atoms with E-state index in [0.717, 1.165) is 0 Å². The zero-order valence-corrected chi connectivity index (χ0v) is 22.5. The van der Waals surface area contributed by atoms with Crippen LogP contribution in [0.4, 0.5) is 0 Å². The van der Waals surface area contributed by atoms with E-state index in [1.165, 1.54) is 28.3 Å². The van der Waals surface area contributed by atoms with Gasteiger partial charge < -0.3 is 52.1 Å². The van der Waals surface area contributed by atoms with Crippen molar-refractivity contribution in [2.24, 2.45) is 5.41 Å². The molecule has 2 aromatic carbocycles. The third-order valence-electron chi connectivity index (χ3n) is 7.92. The van der Waals surface area contributed by atoms with Crippen LogP contribution >= 0.6 is 0 Å². The topological polar surface area (TPSA) is 119 Å². The molecule has 4 aliphatic rings. The average molecular weight is 547 g/mol. The van der Waals surface area contributed by atoms with Crippen LogP contribution in [0.25, 0.3) is 0 Å². The Balaban J connectivity index is 1.54. The molecular weight excluding hydrogens is 516 g/mol. The molecule has 4 heterocycles. The number of carbonyl (C=O) groups is 1. The maximum Gasteiger partial charge on any atom is 0.303 e. The molecule has 2 saturated heterocycles. The van der Waals surface area contributed by atoms with Gasteiger partial charge in [-0.1, -0.05) is 6.92 Å². The first-order valence-electron chi connectivity index (χ1n) is 12.3. The van der Waals surface area contributed by atoms with Gasteiger partial charge in [0.1, 0.15) is 23.7 Å². The Morgan fingerprint density at radius 2 is 1.28 bits per heavy atom. The Bertz CT molecular complexity index is 1320. The third kappa shape index (κ3) is 3.40. The first-order valence-corrected chi connectivity index (χ1v) is 12.3. The highest BCUT2D eigenvalue weighted by Crippen LogP contribution is 2.68. The fourth-order valence-electron chi connectivity index (χ4n) is 6.16. The second kappa shape index (κ2) is 9.16. The smallest absolute Gasteiger partial charge is 0.303 e. The highest BCUT2D eigenvalue weighted by molar-refractivity contribution is 5.69. The number of hydrogen-bond acceptors (Lipinski definition) is 12. The van der Waals surface area contributed by atoms with Gasteiger partial charge in [-0.25, -0.2) is 0 Å². The summed E-state index contributed by atoms with van der Waals surface area (Å²) in [5.41, 5.74) is -1.12. The molecule has 0 radical (unpaired) electrons. The molecular formula is C27H30O12. The Morgan fingerprint density at radius 1 is 0.769 bits per heavy atom. The van der Waals surface area contributed by atoms with Gasteiger partial charge in [-0.2, -0.15) is 0 Å². The van der Waals surface area contributed by atoms with Crippen molar-refractivity contribution in [2.75, 3.05) is 55.2 Å². The lowest BCUT2D eigenvalue weighted by molar-refractivity contribution is -0.171. The molecule has 0 spiro atoms. The van der Waals surface area contributed by atoms with Gasteiger partial charge in [0.05, 0.1) is 58.2 Å². The molecule has 0 amide bonds. The summed E-state index contributed by atoms with van der Waals surface area (Å²) in [4.78, 5) is 12.7. The second-order valence-electron chi connectivity index (χ2n) is 9.80. The third-order valence-corrected chi connectivity index (χ3v) is 7.92. The van der Waals surface area contributed by atoms with Crippen molar-refractivity contribution in [1.82, 2.24) is 0 Å². The Morgan fingerprint density at radius 3 is 1.77 bits per heavy atom. The molecule has 4 aliphatic heterocycles. The summed E-state index contributed by atoms with van der Waals surface area (Å²) in [6, 6.07) is 3.44. The van der Waals surface area contributed by atoms with E-state index >= 15 is 0 Å². The molecule has 39 heavy (non-hydrogen) atoms. The van der Waals surface area contributed by atoms with Crippen LogP contribution in [-0.2, 0) is 19.0 Å². The minimum absolute atomic E-state index is 0.0000850. The largest absolute Gasteiger partial charge is 0.496 e. The molecule has 0 aliphatic carbocycles. The zero-order valence-electron chi connectivity index (χ0n) is 22.5. The number of ether oxygens (including phenoxy) is 11. The molecule has 0 bridgehead atoms. The molecule has 4 unspecified atom stereocenters. The fourth-order valence-corrected chi connectivity index (χ4v) is 6.16. The zero-order chi connectivity index (χ0) is 27.5. The molecule has 12 heteroatoms. The predicted molar refractivity (Wildman–Crippen MR) is 131 cm³/mol. The van der Waals surface area contributed by atoms with Crippen molar-refractivity contribution < 1.29 is 56.9 Å². The molecule has 2 fully saturated rings. The maximum atomic E-state index is 12.7. The Kier molecular flexibility index (Phi) is 5.99. The molecule has 4 atom stereocenters. The predicted octanol–water partition coefficient (Wildman–Crippen LogP) is 3.33. The quantitative estimate of drug-likeness (QED) is 0.474. The van der Waals surface area contributed by atoms with Gasteiger partial charge >= 0.3 is 5.97 Å². The highest BCUT2D eigenvalue weighted by atomic mass is 16.7. The number of esters is 1. The first-order chi connectivity index (χ1) is 18.8. The van der Waals surface area contributed by atoms with E-state index in [0.29, 0.717) is 57.1 Å². The van der Waals surface area contributed by atoms with E-state index in [2.05, 4.69) is 0 Å². The molecule has 0 N–H and O–H groups in total. The number of carbonyl (C=O) groups excluding carboxylic acids is 1. The molecule has 6 rings (SSSR count). The monoisotopic (exact) mass is 546 g/mol. The van der Waals surface area contributed by atoms with Crippen LogP contribution in [0.1, 0.15) is 37.2 Å².